The summed E-state index contributed by atoms with van der Waals surface area (Å²) in [7, 11) is 0. The van der Waals surface area contributed by atoms with Crippen molar-refractivity contribution in [3.05, 3.63) is 35.4 Å². The molecule has 1 unspecified atom stereocenters. The minimum atomic E-state index is -1.08. The van der Waals surface area contributed by atoms with Crippen LogP contribution in [0.2, 0.25) is 0 Å². The standard InChI is InChI=1S/C30H46N4O10/c1-19(24(37)31-16-11-17-41-18-22(35)36)32-25(38)21-14-12-20(13-15-21)23(33-26(39)42-28(2,3)4)34(44-30(8,9)10)27(40)43-29(5,6)7/h12-15,19H,11,16-18H2,1-10H3,(H,31,37)(H,32,38)(H,35,36)/b33-23-. The third-order valence-electron chi connectivity index (χ3n) is 4.84. The molecule has 14 heteroatoms. The number of carbonyl (C=O) groups is 5. The molecule has 0 heterocycles. The van der Waals surface area contributed by atoms with Gasteiger partial charge >= 0.3 is 18.2 Å². The molecule has 1 aromatic rings. The van der Waals surface area contributed by atoms with Gasteiger partial charge in [0.15, 0.2) is 5.84 Å². The summed E-state index contributed by atoms with van der Waals surface area (Å²) < 4.78 is 15.8. The molecular formula is C30H46N4O10. The third kappa shape index (κ3) is 15.4. The van der Waals surface area contributed by atoms with E-state index in [1.165, 1.54) is 31.2 Å². The Bertz CT molecular complexity index is 1190. The molecule has 0 aliphatic heterocycles. The summed E-state index contributed by atoms with van der Waals surface area (Å²) in [6.45, 7) is 16.6. The van der Waals surface area contributed by atoms with Gasteiger partial charge in [-0.2, -0.15) is 4.99 Å². The number of hydroxylamine groups is 2. The second kappa shape index (κ2) is 16.1. The maximum absolute atomic E-state index is 13.2. The molecule has 0 saturated carbocycles. The molecule has 1 aromatic carbocycles. The van der Waals surface area contributed by atoms with E-state index >= 15 is 0 Å². The molecule has 0 aliphatic carbocycles. The summed E-state index contributed by atoms with van der Waals surface area (Å²) in [6, 6.07) is 4.91. The van der Waals surface area contributed by atoms with E-state index in [0.29, 0.717) is 6.42 Å². The average molecular weight is 623 g/mol. The highest BCUT2D eigenvalue weighted by molar-refractivity contribution is 6.09. The summed E-state index contributed by atoms with van der Waals surface area (Å²) in [5.74, 6) is -2.30. The number of carboxylic acid groups (broad SMARTS) is 1. The van der Waals surface area contributed by atoms with Crippen molar-refractivity contribution >= 4 is 35.8 Å². The fourth-order valence-electron chi connectivity index (χ4n) is 3.16. The van der Waals surface area contributed by atoms with Gasteiger partial charge in [-0.05, 0) is 87.8 Å². The molecule has 0 bridgehead atoms. The Morgan fingerprint density at radius 3 is 1.91 bits per heavy atom. The lowest BCUT2D eigenvalue weighted by Gasteiger charge is -2.32. The Hall–Kier alpha value is -4.04. The van der Waals surface area contributed by atoms with Gasteiger partial charge in [0.1, 0.15) is 23.9 Å². The number of amidine groups is 1. The highest BCUT2D eigenvalue weighted by atomic mass is 16.7. The topological polar surface area (TPSA) is 182 Å². The van der Waals surface area contributed by atoms with Crippen LogP contribution in [0.25, 0.3) is 0 Å². The van der Waals surface area contributed by atoms with Crippen LogP contribution in [0, 0.1) is 0 Å². The number of amides is 4. The van der Waals surface area contributed by atoms with Gasteiger partial charge in [-0.15, -0.1) is 5.06 Å². The van der Waals surface area contributed by atoms with E-state index in [1.54, 1.807) is 62.3 Å². The van der Waals surface area contributed by atoms with E-state index in [-0.39, 0.29) is 30.1 Å². The fraction of sp³-hybridized carbons (Fsp3) is 0.600. The number of carboxylic acids is 1. The van der Waals surface area contributed by atoms with E-state index in [1.807, 2.05) is 0 Å². The maximum Gasteiger partial charge on any atom is 0.440 e. The quantitative estimate of drug-likeness (QED) is 0.141. The zero-order valence-electron chi connectivity index (χ0n) is 27.2. The van der Waals surface area contributed by atoms with Crippen molar-refractivity contribution in [2.75, 3.05) is 19.8 Å². The molecule has 0 spiro atoms. The van der Waals surface area contributed by atoms with Crippen LogP contribution < -0.4 is 10.6 Å². The van der Waals surface area contributed by atoms with Crippen LogP contribution >= 0.6 is 0 Å². The third-order valence-corrected chi connectivity index (χ3v) is 4.84. The molecule has 246 valence electrons. The molecule has 14 nitrogen and oxygen atoms in total. The molecule has 0 aromatic heterocycles. The smallest absolute Gasteiger partial charge is 0.440 e. The molecule has 4 amide bonds. The SMILES string of the molecule is CC(NC(=O)c1ccc(/C(=N/C(=O)OC(C)(C)C)N(OC(C)(C)C)C(=O)OC(C)(C)C)cc1)C(=O)NCCCOCC(=O)O. The molecule has 0 fully saturated rings. The molecule has 3 N–H and O–H groups in total. The first-order valence-electron chi connectivity index (χ1n) is 14.1. The van der Waals surface area contributed by atoms with Gasteiger partial charge < -0.3 is 30.0 Å². The number of aliphatic imine (C=N–C) groups is 1. The van der Waals surface area contributed by atoms with Crippen LogP contribution in [-0.4, -0.2) is 88.6 Å². The van der Waals surface area contributed by atoms with Crippen LogP contribution in [-0.2, 0) is 28.6 Å². The first-order valence-corrected chi connectivity index (χ1v) is 14.1. The molecule has 1 rings (SSSR count). The second-order valence-corrected chi connectivity index (χ2v) is 12.8. The first kappa shape index (κ1) is 38.0. The summed E-state index contributed by atoms with van der Waals surface area (Å²) in [5.41, 5.74) is -2.25. The number of ether oxygens (including phenoxy) is 3. The maximum atomic E-state index is 13.2. The zero-order chi connectivity index (χ0) is 33.9. The van der Waals surface area contributed by atoms with Crippen molar-refractivity contribution in [1.29, 1.82) is 0 Å². The molecule has 0 radical (unpaired) electrons. The van der Waals surface area contributed by atoms with Crippen LogP contribution in [0.5, 0.6) is 0 Å². The Morgan fingerprint density at radius 1 is 0.864 bits per heavy atom. The van der Waals surface area contributed by atoms with Gasteiger partial charge in [-0.25, -0.2) is 14.4 Å². The van der Waals surface area contributed by atoms with Gasteiger partial charge in [0, 0.05) is 24.3 Å². The monoisotopic (exact) mass is 622 g/mol. The number of nitrogens with one attached hydrogen (secondary N) is 2. The zero-order valence-corrected chi connectivity index (χ0v) is 27.2. The van der Waals surface area contributed by atoms with E-state index in [9.17, 15) is 24.0 Å². The van der Waals surface area contributed by atoms with Crippen LogP contribution in [0.1, 0.15) is 91.6 Å². The predicted octanol–water partition coefficient (Wildman–Crippen LogP) is 4.06. The summed E-state index contributed by atoms with van der Waals surface area (Å²) in [6.07, 6.45) is -1.51. The molecule has 44 heavy (non-hydrogen) atoms. The van der Waals surface area contributed by atoms with Crippen molar-refractivity contribution in [2.24, 2.45) is 4.99 Å². The number of aliphatic carboxylic acids is 1. The number of carbonyl (C=O) groups excluding carboxylic acids is 4. The number of hydrogen-bond donors (Lipinski definition) is 3. The first-order chi connectivity index (χ1) is 20.1. The van der Waals surface area contributed by atoms with Crippen molar-refractivity contribution in [3.63, 3.8) is 0 Å². The van der Waals surface area contributed by atoms with Crippen LogP contribution in [0.4, 0.5) is 9.59 Å². The largest absolute Gasteiger partial charge is 0.480 e. The van der Waals surface area contributed by atoms with Gasteiger partial charge in [0.05, 0.1) is 5.60 Å². The van der Waals surface area contributed by atoms with E-state index in [2.05, 4.69) is 15.6 Å². The number of nitrogens with zero attached hydrogens (tertiary/aromatic N) is 2. The minimum Gasteiger partial charge on any atom is -0.480 e. The van der Waals surface area contributed by atoms with Crippen molar-refractivity contribution in [2.45, 2.75) is 98.5 Å². The number of benzene rings is 1. The van der Waals surface area contributed by atoms with Gasteiger partial charge in [0.25, 0.3) is 5.91 Å². The summed E-state index contributed by atoms with van der Waals surface area (Å²) >= 11 is 0. The van der Waals surface area contributed by atoms with Crippen molar-refractivity contribution < 1.29 is 48.1 Å². The number of rotatable bonds is 11. The molecule has 1 atom stereocenters. The normalized spacial score (nSPS) is 13.0. The Kier molecular flexibility index (Phi) is 13.9. The lowest BCUT2D eigenvalue weighted by Crippen LogP contribution is -2.46. The van der Waals surface area contributed by atoms with E-state index < -0.39 is 59.4 Å². The summed E-state index contributed by atoms with van der Waals surface area (Å²) in [4.78, 5) is 71.6. The number of hydrogen-bond acceptors (Lipinski definition) is 9. The molecular weight excluding hydrogens is 576 g/mol. The highest BCUT2D eigenvalue weighted by Gasteiger charge is 2.33. The van der Waals surface area contributed by atoms with Gasteiger partial charge in [0.2, 0.25) is 5.91 Å². The van der Waals surface area contributed by atoms with Crippen molar-refractivity contribution in [1.82, 2.24) is 15.7 Å². The lowest BCUT2D eigenvalue weighted by molar-refractivity contribution is -0.169. The van der Waals surface area contributed by atoms with Gasteiger partial charge in [-0.3, -0.25) is 14.4 Å². The van der Waals surface area contributed by atoms with Crippen LogP contribution in [0.3, 0.4) is 0 Å². The fourth-order valence-corrected chi connectivity index (χ4v) is 3.16. The lowest BCUT2D eigenvalue weighted by atomic mass is 10.1. The highest BCUT2D eigenvalue weighted by Crippen LogP contribution is 2.20. The predicted molar refractivity (Wildman–Crippen MR) is 161 cm³/mol. The second-order valence-electron chi connectivity index (χ2n) is 12.8. The van der Waals surface area contributed by atoms with E-state index in [4.69, 9.17) is 24.2 Å². The Labute approximate surface area is 258 Å². The average Bonchev–Trinajstić information content (AvgIpc) is 2.85. The van der Waals surface area contributed by atoms with E-state index in [0.717, 1.165) is 5.06 Å². The Balaban J connectivity index is 3.20. The molecule has 0 saturated heterocycles. The van der Waals surface area contributed by atoms with Gasteiger partial charge in [-0.1, -0.05) is 12.1 Å². The Morgan fingerprint density at radius 2 is 1.41 bits per heavy atom. The minimum absolute atomic E-state index is 0.158. The van der Waals surface area contributed by atoms with Crippen LogP contribution in [0.15, 0.2) is 29.3 Å². The molecule has 0 aliphatic rings. The summed E-state index contributed by atoms with van der Waals surface area (Å²) in [5, 5.41) is 14.6. The van der Waals surface area contributed by atoms with Crippen molar-refractivity contribution in [3.8, 4) is 0 Å².